The number of hydrogen-bond donors (Lipinski definition) is 1. The van der Waals surface area contributed by atoms with Crippen molar-refractivity contribution < 1.29 is 17.9 Å². The summed E-state index contributed by atoms with van der Waals surface area (Å²) in [7, 11) is 0. The van der Waals surface area contributed by atoms with E-state index in [2.05, 4.69) is 20.4 Å². The van der Waals surface area contributed by atoms with Crippen molar-refractivity contribution in [3.8, 4) is 17.1 Å². The number of nitrogens with one attached hydrogen (secondary N) is 1. The van der Waals surface area contributed by atoms with Gasteiger partial charge in [0, 0.05) is 11.3 Å². The summed E-state index contributed by atoms with van der Waals surface area (Å²) >= 11 is 0. The van der Waals surface area contributed by atoms with Crippen LogP contribution in [-0.2, 0) is 10.9 Å². The molecule has 1 N–H and O–H groups in total. The molecule has 9 heteroatoms. The second-order valence-electron chi connectivity index (χ2n) is 7.43. The number of aromatic nitrogens is 3. The Labute approximate surface area is 187 Å². The summed E-state index contributed by atoms with van der Waals surface area (Å²) in [5.74, 6) is 0.458. The molecule has 0 radical (unpaired) electrons. The molecule has 1 aliphatic rings. The lowest BCUT2D eigenvalue weighted by Gasteiger charge is -2.07. The quantitative estimate of drug-likeness (QED) is 0.447. The predicted octanol–water partition coefficient (Wildman–Crippen LogP) is 5.49. The Morgan fingerprint density at radius 3 is 2.33 bits per heavy atom. The number of alkyl halides is 3. The lowest BCUT2D eigenvalue weighted by atomic mass is 10.1. The lowest BCUT2D eigenvalue weighted by Crippen LogP contribution is -2.11. The van der Waals surface area contributed by atoms with E-state index < -0.39 is 11.7 Å². The molecule has 1 unspecified atom stereocenters. The first-order valence-corrected chi connectivity index (χ1v) is 10.2. The Kier molecular flexibility index (Phi) is 5.29. The first-order chi connectivity index (χ1) is 16.0. The second-order valence-corrected chi connectivity index (χ2v) is 7.43. The van der Waals surface area contributed by atoms with Gasteiger partial charge in [0.1, 0.15) is 19.0 Å². The largest absolute Gasteiger partial charge is 0.462 e. The number of amidine groups is 1. The summed E-state index contributed by atoms with van der Waals surface area (Å²) in [5.41, 5.74) is 2.44. The van der Waals surface area contributed by atoms with Crippen LogP contribution in [0.4, 0.5) is 18.9 Å². The Balaban J connectivity index is 1.26. The first kappa shape index (κ1) is 20.7. The highest BCUT2D eigenvalue weighted by Crippen LogP contribution is 2.30. The van der Waals surface area contributed by atoms with E-state index in [1.54, 1.807) is 0 Å². The van der Waals surface area contributed by atoms with Gasteiger partial charge in [0.15, 0.2) is 5.82 Å². The number of nitrogens with zero attached hydrogens (tertiary/aromatic N) is 4. The zero-order valence-corrected chi connectivity index (χ0v) is 17.2. The number of ether oxygens (including phenoxy) is 1. The van der Waals surface area contributed by atoms with Crippen molar-refractivity contribution in [3.05, 3.63) is 96.3 Å². The summed E-state index contributed by atoms with van der Waals surface area (Å²) in [6.45, 7) is 0.482. The molecule has 0 aliphatic carbocycles. The molecule has 2 heterocycles. The monoisotopic (exact) mass is 449 g/mol. The van der Waals surface area contributed by atoms with Gasteiger partial charge >= 0.3 is 6.18 Å². The van der Waals surface area contributed by atoms with Crippen LogP contribution in [0.5, 0.6) is 0 Å². The van der Waals surface area contributed by atoms with Crippen LogP contribution in [0.15, 0.2) is 90.2 Å². The maximum Gasteiger partial charge on any atom is 0.416 e. The Bertz CT molecular complexity index is 1270. The average Bonchev–Trinajstić information content (AvgIpc) is 3.50. The second kappa shape index (κ2) is 8.42. The van der Waals surface area contributed by atoms with Crippen molar-refractivity contribution in [2.24, 2.45) is 4.99 Å². The molecule has 0 spiro atoms. The molecule has 1 aliphatic heterocycles. The number of anilines is 1. The number of benzene rings is 3. The summed E-state index contributed by atoms with van der Waals surface area (Å²) in [4.78, 5) is 8.85. The van der Waals surface area contributed by atoms with Crippen molar-refractivity contribution in [1.29, 1.82) is 0 Å². The van der Waals surface area contributed by atoms with Gasteiger partial charge in [0.2, 0.25) is 0 Å². The van der Waals surface area contributed by atoms with E-state index in [1.807, 2.05) is 54.6 Å². The number of aliphatic imine (C=N–C) groups is 1. The predicted molar refractivity (Wildman–Crippen MR) is 118 cm³/mol. The molecule has 0 amide bonds. The van der Waals surface area contributed by atoms with Crippen molar-refractivity contribution in [2.75, 3.05) is 11.9 Å². The van der Waals surface area contributed by atoms with Crippen molar-refractivity contribution in [2.45, 2.75) is 12.2 Å². The van der Waals surface area contributed by atoms with Crippen molar-refractivity contribution >= 4 is 11.7 Å². The van der Waals surface area contributed by atoms with Gasteiger partial charge in [-0.3, -0.25) is 0 Å². The average molecular weight is 449 g/mol. The van der Waals surface area contributed by atoms with Gasteiger partial charge in [-0.25, -0.2) is 14.7 Å². The van der Waals surface area contributed by atoms with Gasteiger partial charge in [0.25, 0.3) is 6.02 Å². The van der Waals surface area contributed by atoms with Gasteiger partial charge in [-0.15, -0.1) is 5.10 Å². The van der Waals surface area contributed by atoms with Crippen molar-refractivity contribution in [1.82, 2.24) is 14.8 Å². The highest BCUT2D eigenvalue weighted by molar-refractivity contribution is 5.90. The summed E-state index contributed by atoms with van der Waals surface area (Å²) in [6.07, 6.45) is -2.91. The van der Waals surface area contributed by atoms with E-state index in [4.69, 9.17) is 4.74 Å². The normalized spacial score (nSPS) is 15.7. The molecule has 4 aromatic rings. The van der Waals surface area contributed by atoms with E-state index in [0.29, 0.717) is 24.1 Å². The molecule has 166 valence electrons. The highest BCUT2D eigenvalue weighted by atomic mass is 19.4. The first-order valence-electron chi connectivity index (χ1n) is 10.2. The smallest absolute Gasteiger partial charge is 0.416 e. The molecule has 6 nitrogen and oxygen atoms in total. The van der Waals surface area contributed by atoms with Gasteiger partial charge < -0.3 is 10.1 Å². The number of halogens is 3. The van der Waals surface area contributed by atoms with Crippen LogP contribution in [0.25, 0.3) is 17.1 Å². The summed E-state index contributed by atoms with van der Waals surface area (Å²) in [5, 5.41) is 7.53. The fourth-order valence-electron chi connectivity index (χ4n) is 3.44. The zero-order chi connectivity index (χ0) is 22.8. The van der Waals surface area contributed by atoms with Crippen molar-refractivity contribution in [3.63, 3.8) is 0 Å². The van der Waals surface area contributed by atoms with Crippen LogP contribution in [0, 0.1) is 0 Å². The Morgan fingerprint density at radius 2 is 1.64 bits per heavy atom. The van der Waals surface area contributed by atoms with E-state index in [1.165, 1.54) is 23.1 Å². The molecule has 33 heavy (non-hydrogen) atoms. The maximum atomic E-state index is 12.7. The highest BCUT2D eigenvalue weighted by Gasteiger charge is 2.30. The van der Waals surface area contributed by atoms with Gasteiger partial charge in [-0.05, 0) is 54.1 Å². The third-order valence-electron chi connectivity index (χ3n) is 5.18. The van der Waals surface area contributed by atoms with Crippen LogP contribution in [-0.4, -0.2) is 27.4 Å². The molecule has 3 aromatic carbocycles. The maximum absolute atomic E-state index is 12.7. The molecule has 1 aromatic heterocycles. The molecule has 0 saturated heterocycles. The zero-order valence-electron chi connectivity index (χ0n) is 17.2. The summed E-state index contributed by atoms with van der Waals surface area (Å²) in [6, 6.07) is 22.5. The minimum absolute atomic E-state index is 0.0358. The van der Waals surface area contributed by atoms with E-state index >= 15 is 0 Å². The van der Waals surface area contributed by atoms with E-state index in [-0.39, 0.29) is 6.04 Å². The molecule has 1 atom stereocenters. The van der Waals surface area contributed by atoms with E-state index in [0.717, 1.165) is 28.9 Å². The fourth-order valence-corrected chi connectivity index (χ4v) is 3.44. The Morgan fingerprint density at radius 1 is 0.909 bits per heavy atom. The minimum atomic E-state index is -4.38. The molecule has 0 bridgehead atoms. The standard InChI is InChI=1S/C24H18F3N5O/c25-24(26,27)18-8-12-20(13-9-18)32-15-28-22(31-32)17-6-10-19(11-7-17)29-23-30-21(14-33-23)16-4-2-1-3-5-16/h1-13,15,21H,14H2,(H,29,30). The van der Waals surface area contributed by atoms with E-state index in [9.17, 15) is 13.2 Å². The topological polar surface area (TPSA) is 64.3 Å². The van der Waals surface area contributed by atoms with Crippen LogP contribution in [0.2, 0.25) is 0 Å². The van der Waals surface area contributed by atoms with Gasteiger partial charge in [0.05, 0.1) is 11.3 Å². The molecular weight excluding hydrogens is 431 g/mol. The lowest BCUT2D eigenvalue weighted by molar-refractivity contribution is -0.137. The molecular formula is C24H18F3N5O. The fraction of sp³-hybridized carbons (Fsp3) is 0.125. The molecule has 5 rings (SSSR count). The van der Waals surface area contributed by atoms with Crippen LogP contribution in [0.1, 0.15) is 17.2 Å². The SMILES string of the molecule is FC(F)(F)c1ccc(-n2cnc(-c3ccc(NC4=NC(c5ccccc5)CO4)cc3)n2)cc1. The third kappa shape index (κ3) is 4.57. The van der Waals surface area contributed by atoms with Crippen LogP contribution < -0.4 is 5.32 Å². The molecule has 0 fully saturated rings. The minimum Gasteiger partial charge on any atom is -0.462 e. The van der Waals surface area contributed by atoms with Crippen LogP contribution >= 0.6 is 0 Å². The Hall–Kier alpha value is -4.14. The number of rotatable bonds is 4. The third-order valence-corrected chi connectivity index (χ3v) is 5.18. The van der Waals surface area contributed by atoms with Gasteiger partial charge in [-0.2, -0.15) is 13.2 Å². The number of hydrogen-bond acceptors (Lipinski definition) is 5. The van der Waals surface area contributed by atoms with Crippen LogP contribution in [0.3, 0.4) is 0 Å². The molecule has 0 saturated carbocycles. The summed E-state index contributed by atoms with van der Waals surface area (Å²) < 4.78 is 45.3. The van der Waals surface area contributed by atoms with Gasteiger partial charge in [-0.1, -0.05) is 30.3 Å².